The quantitative estimate of drug-likeness (QED) is 0.677. The zero-order valence-corrected chi connectivity index (χ0v) is 14.5. The predicted octanol–water partition coefficient (Wildman–Crippen LogP) is 5.59. The van der Waals surface area contributed by atoms with Gasteiger partial charge in [0.1, 0.15) is 5.76 Å². The van der Waals surface area contributed by atoms with E-state index in [1.807, 2.05) is 30.5 Å². The maximum absolute atomic E-state index is 6.19. The molecule has 2 nitrogen and oxygen atoms in total. The lowest BCUT2D eigenvalue weighted by Gasteiger charge is -2.17. The van der Waals surface area contributed by atoms with E-state index in [4.69, 9.17) is 4.74 Å². The second-order valence-corrected chi connectivity index (χ2v) is 6.43. The molecule has 0 bridgehead atoms. The monoisotopic (exact) mass is 327 g/mol. The van der Waals surface area contributed by atoms with Gasteiger partial charge in [-0.2, -0.15) is 0 Å². The molecule has 1 atom stereocenters. The molecule has 3 aromatic carbocycles. The first-order valence-electron chi connectivity index (χ1n) is 8.57. The van der Waals surface area contributed by atoms with Crippen LogP contribution in [0.5, 0.6) is 0 Å². The number of ether oxygens (including phenoxy) is 1. The first-order valence-corrected chi connectivity index (χ1v) is 8.57. The van der Waals surface area contributed by atoms with Crippen molar-refractivity contribution in [1.82, 2.24) is 5.32 Å². The summed E-state index contributed by atoms with van der Waals surface area (Å²) in [6, 6.07) is 25.2. The fourth-order valence-electron chi connectivity index (χ4n) is 3.42. The van der Waals surface area contributed by atoms with Crippen LogP contribution in [-0.2, 0) is 4.74 Å². The molecule has 3 aromatic rings. The fraction of sp³-hybridized carbons (Fsp3) is 0.130. The Balaban J connectivity index is 1.64. The van der Waals surface area contributed by atoms with Gasteiger partial charge in [-0.3, -0.25) is 0 Å². The van der Waals surface area contributed by atoms with Crippen LogP contribution in [0.1, 0.15) is 28.5 Å². The van der Waals surface area contributed by atoms with Crippen LogP contribution in [0, 0.1) is 13.8 Å². The molecule has 4 rings (SSSR count). The molecule has 1 aliphatic heterocycles. The molecule has 0 spiro atoms. The number of hydrogen-bond donors (Lipinski definition) is 1. The van der Waals surface area contributed by atoms with E-state index < -0.39 is 0 Å². The summed E-state index contributed by atoms with van der Waals surface area (Å²) in [5.41, 5.74) is 7.23. The minimum atomic E-state index is -0.121. The maximum atomic E-state index is 6.19. The molecule has 0 saturated heterocycles. The van der Waals surface area contributed by atoms with Crippen molar-refractivity contribution in [3.8, 4) is 11.1 Å². The molecule has 0 aromatic heterocycles. The van der Waals surface area contributed by atoms with Gasteiger partial charge in [-0.05, 0) is 36.1 Å². The van der Waals surface area contributed by atoms with Gasteiger partial charge >= 0.3 is 0 Å². The Morgan fingerprint density at radius 3 is 2.00 bits per heavy atom. The molecule has 1 aliphatic rings. The molecular formula is C23H21NO. The third-order valence-electron chi connectivity index (χ3n) is 4.60. The first kappa shape index (κ1) is 15.5. The van der Waals surface area contributed by atoms with Crippen LogP contribution in [0.15, 0.2) is 79.0 Å². The third-order valence-corrected chi connectivity index (χ3v) is 4.60. The summed E-state index contributed by atoms with van der Waals surface area (Å²) in [4.78, 5) is 0. The molecular weight excluding hydrogens is 306 g/mol. The van der Waals surface area contributed by atoms with Gasteiger partial charge in [-0.25, -0.2) is 0 Å². The van der Waals surface area contributed by atoms with Crippen molar-refractivity contribution >= 4 is 5.76 Å². The molecule has 0 saturated carbocycles. The standard InChI is InChI=1S/C23H21NO/c1-16-13-20(18-9-5-3-6-10-18)14-17(2)22(16)21-15-24-23(25-21)19-11-7-4-8-12-19/h3-15,23-24H,1-2H3. The highest BCUT2D eigenvalue weighted by molar-refractivity contribution is 5.73. The Kier molecular flexibility index (Phi) is 4.02. The second kappa shape index (κ2) is 6.48. The van der Waals surface area contributed by atoms with Crippen molar-refractivity contribution in [2.45, 2.75) is 20.1 Å². The molecule has 0 radical (unpaired) electrons. The van der Waals surface area contributed by atoms with Gasteiger partial charge in [0.2, 0.25) is 0 Å². The van der Waals surface area contributed by atoms with Crippen molar-refractivity contribution in [1.29, 1.82) is 0 Å². The van der Waals surface area contributed by atoms with Crippen LogP contribution in [0.25, 0.3) is 16.9 Å². The Bertz CT molecular complexity index is 890. The number of benzene rings is 3. The number of hydrogen-bond acceptors (Lipinski definition) is 2. The normalized spacial score (nSPS) is 16.1. The predicted molar refractivity (Wildman–Crippen MR) is 103 cm³/mol. The number of nitrogens with one attached hydrogen (secondary N) is 1. The molecule has 1 N–H and O–H groups in total. The molecule has 124 valence electrons. The largest absolute Gasteiger partial charge is 0.464 e. The molecule has 0 amide bonds. The molecule has 0 aliphatic carbocycles. The lowest BCUT2D eigenvalue weighted by Crippen LogP contribution is -2.11. The van der Waals surface area contributed by atoms with E-state index >= 15 is 0 Å². The average molecular weight is 327 g/mol. The van der Waals surface area contributed by atoms with Gasteiger partial charge in [0.15, 0.2) is 6.23 Å². The highest BCUT2D eigenvalue weighted by atomic mass is 16.5. The number of aryl methyl sites for hydroxylation is 2. The topological polar surface area (TPSA) is 21.3 Å². The number of rotatable bonds is 3. The molecule has 2 heteroatoms. The van der Waals surface area contributed by atoms with Crippen molar-refractivity contribution in [3.05, 3.63) is 101 Å². The smallest absolute Gasteiger partial charge is 0.196 e. The Hall–Kier alpha value is -3.00. The highest BCUT2D eigenvalue weighted by Crippen LogP contribution is 2.34. The summed E-state index contributed by atoms with van der Waals surface area (Å²) < 4.78 is 6.19. The van der Waals surface area contributed by atoms with Gasteiger partial charge in [-0.1, -0.05) is 72.8 Å². The molecule has 1 heterocycles. The van der Waals surface area contributed by atoms with Crippen LogP contribution < -0.4 is 5.32 Å². The minimum Gasteiger partial charge on any atom is -0.464 e. The van der Waals surface area contributed by atoms with Crippen LogP contribution >= 0.6 is 0 Å². The van der Waals surface area contributed by atoms with E-state index in [2.05, 4.69) is 67.7 Å². The van der Waals surface area contributed by atoms with E-state index in [0.29, 0.717) is 0 Å². The summed E-state index contributed by atoms with van der Waals surface area (Å²) in [7, 11) is 0. The van der Waals surface area contributed by atoms with Crippen LogP contribution in [0.3, 0.4) is 0 Å². The highest BCUT2D eigenvalue weighted by Gasteiger charge is 2.22. The van der Waals surface area contributed by atoms with Gasteiger partial charge < -0.3 is 10.1 Å². The van der Waals surface area contributed by atoms with E-state index in [-0.39, 0.29) is 6.23 Å². The van der Waals surface area contributed by atoms with Crippen LogP contribution in [0.4, 0.5) is 0 Å². The van der Waals surface area contributed by atoms with Gasteiger partial charge in [0.25, 0.3) is 0 Å². The van der Waals surface area contributed by atoms with Gasteiger partial charge in [0.05, 0.1) is 0 Å². The summed E-state index contributed by atoms with van der Waals surface area (Å²) in [6.45, 7) is 4.30. The summed E-state index contributed by atoms with van der Waals surface area (Å²) in [6.07, 6.45) is 1.86. The van der Waals surface area contributed by atoms with E-state index in [9.17, 15) is 0 Å². The fourth-order valence-corrected chi connectivity index (χ4v) is 3.42. The maximum Gasteiger partial charge on any atom is 0.196 e. The molecule has 25 heavy (non-hydrogen) atoms. The van der Waals surface area contributed by atoms with Crippen LogP contribution in [-0.4, -0.2) is 0 Å². The first-order chi connectivity index (χ1) is 12.2. The lowest BCUT2D eigenvalue weighted by molar-refractivity contribution is 0.174. The SMILES string of the molecule is Cc1cc(-c2ccccc2)cc(C)c1C1=CNC(c2ccccc2)O1. The minimum absolute atomic E-state index is 0.121. The lowest BCUT2D eigenvalue weighted by atomic mass is 9.95. The summed E-state index contributed by atoms with van der Waals surface area (Å²) in [5.74, 6) is 0.906. The Labute approximate surface area is 148 Å². The van der Waals surface area contributed by atoms with Crippen molar-refractivity contribution in [2.75, 3.05) is 0 Å². The Morgan fingerprint density at radius 2 is 1.36 bits per heavy atom. The summed E-state index contributed by atoms with van der Waals surface area (Å²) >= 11 is 0. The van der Waals surface area contributed by atoms with E-state index in [1.54, 1.807) is 0 Å². The van der Waals surface area contributed by atoms with Crippen molar-refractivity contribution in [3.63, 3.8) is 0 Å². The van der Waals surface area contributed by atoms with Crippen molar-refractivity contribution < 1.29 is 4.74 Å². The van der Waals surface area contributed by atoms with Gasteiger partial charge in [0, 0.05) is 17.3 Å². The van der Waals surface area contributed by atoms with Crippen molar-refractivity contribution in [2.24, 2.45) is 0 Å². The van der Waals surface area contributed by atoms with Gasteiger partial charge in [-0.15, -0.1) is 0 Å². The van der Waals surface area contributed by atoms with E-state index in [0.717, 1.165) is 11.3 Å². The van der Waals surface area contributed by atoms with E-state index in [1.165, 1.54) is 27.8 Å². The second-order valence-electron chi connectivity index (χ2n) is 6.43. The molecule has 0 fully saturated rings. The third kappa shape index (κ3) is 3.03. The molecule has 1 unspecified atom stereocenters. The average Bonchev–Trinajstić information content (AvgIpc) is 3.12. The zero-order valence-electron chi connectivity index (χ0n) is 14.5. The zero-order chi connectivity index (χ0) is 17.2. The van der Waals surface area contributed by atoms with Crippen LogP contribution in [0.2, 0.25) is 0 Å². The summed E-state index contributed by atoms with van der Waals surface area (Å²) in [5, 5.41) is 3.34. The Morgan fingerprint density at radius 1 is 0.760 bits per heavy atom.